The van der Waals surface area contributed by atoms with Crippen molar-refractivity contribution in [3.8, 4) is 0 Å². The van der Waals surface area contributed by atoms with Crippen LogP contribution in [0.25, 0.3) is 0 Å². The second kappa shape index (κ2) is 7.01. The third kappa shape index (κ3) is 4.32. The molecule has 0 aromatic heterocycles. The minimum atomic E-state index is 0.185. The minimum absolute atomic E-state index is 0.185. The molecule has 0 N–H and O–H groups in total. The van der Waals surface area contributed by atoms with Gasteiger partial charge in [0.25, 0.3) is 0 Å². The van der Waals surface area contributed by atoms with Gasteiger partial charge in [0.15, 0.2) is 5.78 Å². The molecule has 2 aromatic carbocycles. The monoisotopic (exact) mass is 267 g/mol. The molecule has 0 aliphatic heterocycles. The summed E-state index contributed by atoms with van der Waals surface area (Å²) in [5.41, 5.74) is 3.24. The molecule has 2 aromatic rings. The molecule has 20 heavy (non-hydrogen) atoms. The molecule has 104 valence electrons. The number of likely N-dealkylation sites (N-methyl/N-ethyl adjacent to an activating group) is 1. The molecule has 2 nitrogen and oxygen atoms in total. The van der Waals surface area contributed by atoms with E-state index in [0.717, 1.165) is 24.1 Å². The smallest absolute Gasteiger partial charge is 0.176 e. The van der Waals surface area contributed by atoms with Crippen LogP contribution in [0.1, 0.15) is 21.5 Å². The van der Waals surface area contributed by atoms with Gasteiger partial charge in [0.1, 0.15) is 0 Å². The quantitative estimate of drug-likeness (QED) is 0.748. The molecule has 0 radical (unpaired) electrons. The van der Waals surface area contributed by atoms with Crippen molar-refractivity contribution in [3.05, 3.63) is 71.3 Å². The molecule has 0 amide bonds. The van der Waals surface area contributed by atoms with Crippen molar-refractivity contribution < 1.29 is 4.79 Å². The van der Waals surface area contributed by atoms with Crippen molar-refractivity contribution in [1.82, 2.24) is 4.90 Å². The number of carbonyl (C=O) groups excluding carboxylic acids is 1. The van der Waals surface area contributed by atoms with E-state index < -0.39 is 0 Å². The summed E-state index contributed by atoms with van der Waals surface area (Å²) in [6.07, 6.45) is 0.971. The van der Waals surface area contributed by atoms with E-state index in [9.17, 15) is 4.79 Å². The van der Waals surface area contributed by atoms with E-state index in [0.29, 0.717) is 6.54 Å². The molecule has 2 heteroatoms. The summed E-state index contributed by atoms with van der Waals surface area (Å²) >= 11 is 0. The highest BCUT2D eigenvalue weighted by molar-refractivity contribution is 5.97. The summed E-state index contributed by atoms with van der Waals surface area (Å²) in [4.78, 5) is 14.3. The summed E-state index contributed by atoms with van der Waals surface area (Å²) in [6, 6.07) is 18.2. The summed E-state index contributed by atoms with van der Waals surface area (Å²) in [5.74, 6) is 0.185. The maximum atomic E-state index is 12.2. The number of Topliss-reactive ketones (excluding diaryl/α,β-unsaturated/α-hetero) is 1. The number of rotatable bonds is 6. The zero-order chi connectivity index (χ0) is 14.4. The predicted octanol–water partition coefficient (Wildman–Crippen LogP) is 3.35. The van der Waals surface area contributed by atoms with E-state index in [1.165, 1.54) is 5.56 Å². The third-order valence-electron chi connectivity index (χ3n) is 3.38. The van der Waals surface area contributed by atoms with E-state index in [4.69, 9.17) is 0 Å². The van der Waals surface area contributed by atoms with Crippen molar-refractivity contribution in [2.75, 3.05) is 20.1 Å². The van der Waals surface area contributed by atoms with Gasteiger partial charge in [-0.05, 0) is 32.0 Å². The Labute approximate surface area is 121 Å². The largest absolute Gasteiger partial charge is 0.299 e. The molecule has 0 bridgehead atoms. The van der Waals surface area contributed by atoms with Crippen LogP contribution in [0.15, 0.2) is 54.6 Å². The summed E-state index contributed by atoms with van der Waals surface area (Å²) in [5, 5.41) is 0. The first kappa shape index (κ1) is 14.5. The average molecular weight is 267 g/mol. The summed E-state index contributed by atoms with van der Waals surface area (Å²) in [7, 11) is 2.00. The Morgan fingerprint density at radius 2 is 1.80 bits per heavy atom. The van der Waals surface area contributed by atoms with Crippen LogP contribution in [0.3, 0.4) is 0 Å². The van der Waals surface area contributed by atoms with Crippen LogP contribution in [0, 0.1) is 6.92 Å². The second-order valence-electron chi connectivity index (χ2n) is 5.27. The Balaban J connectivity index is 1.85. The summed E-state index contributed by atoms with van der Waals surface area (Å²) < 4.78 is 0. The molecule has 0 saturated heterocycles. The van der Waals surface area contributed by atoms with Crippen molar-refractivity contribution in [1.29, 1.82) is 0 Å². The third-order valence-corrected chi connectivity index (χ3v) is 3.38. The Kier molecular flexibility index (Phi) is 5.08. The van der Waals surface area contributed by atoms with Crippen LogP contribution < -0.4 is 0 Å². The fraction of sp³-hybridized carbons (Fsp3) is 0.278. The van der Waals surface area contributed by atoms with E-state index in [2.05, 4.69) is 17.0 Å². The van der Waals surface area contributed by atoms with Crippen molar-refractivity contribution in [3.63, 3.8) is 0 Å². The van der Waals surface area contributed by atoms with E-state index in [1.54, 1.807) is 0 Å². The van der Waals surface area contributed by atoms with Gasteiger partial charge in [-0.3, -0.25) is 9.69 Å². The number of hydrogen-bond acceptors (Lipinski definition) is 2. The first-order chi connectivity index (χ1) is 9.65. The lowest BCUT2D eigenvalue weighted by Gasteiger charge is -2.15. The number of nitrogens with zero attached hydrogens (tertiary/aromatic N) is 1. The Hall–Kier alpha value is -1.93. The van der Waals surface area contributed by atoms with Gasteiger partial charge in [0.2, 0.25) is 0 Å². The fourth-order valence-corrected chi connectivity index (χ4v) is 2.20. The highest BCUT2D eigenvalue weighted by Crippen LogP contribution is 2.06. The standard InChI is InChI=1S/C18H21NO/c1-15-7-6-10-17(13-15)18(20)14-19(2)12-11-16-8-4-3-5-9-16/h3-10,13H,11-12,14H2,1-2H3. The highest BCUT2D eigenvalue weighted by Gasteiger charge is 2.09. The molecule has 0 spiro atoms. The number of hydrogen-bond donors (Lipinski definition) is 0. The predicted molar refractivity (Wildman–Crippen MR) is 83.2 cm³/mol. The van der Waals surface area contributed by atoms with E-state index >= 15 is 0 Å². The highest BCUT2D eigenvalue weighted by atomic mass is 16.1. The van der Waals surface area contributed by atoms with Crippen molar-refractivity contribution >= 4 is 5.78 Å². The molecule has 0 unspecified atom stereocenters. The lowest BCUT2D eigenvalue weighted by Crippen LogP contribution is -2.28. The molecule has 0 aliphatic rings. The van der Waals surface area contributed by atoms with Gasteiger partial charge in [-0.1, -0.05) is 54.1 Å². The fourth-order valence-electron chi connectivity index (χ4n) is 2.20. The van der Waals surface area contributed by atoms with Gasteiger partial charge >= 0.3 is 0 Å². The Bertz CT molecular complexity index is 563. The molecule has 0 aliphatic carbocycles. The molecule has 2 rings (SSSR count). The van der Waals surface area contributed by atoms with Gasteiger partial charge in [-0.25, -0.2) is 0 Å². The van der Waals surface area contributed by atoms with E-state index in [-0.39, 0.29) is 5.78 Å². The van der Waals surface area contributed by atoms with Gasteiger partial charge in [0, 0.05) is 12.1 Å². The van der Waals surface area contributed by atoms with Crippen LogP contribution in [-0.4, -0.2) is 30.8 Å². The number of carbonyl (C=O) groups is 1. The van der Waals surface area contributed by atoms with Gasteiger partial charge in [-0.15, -0.1) is 0 Å². The summed E-state index contributed by atoms with van der Waals surface area (Å²) in [6.45, 7) is 3.37. The number of benzene rings is 2. The van der Waals surface area contributed by atoms with Gasteiger partial charge < -0.3 is 0 Å². The minimum Gasteiger partial charge on any atom is -0.299 e. The zero-order valence-electron chi connectivity index (χ0n) is 12.2. The van der Waals surface area contributed by atoms with Crippen LogP contribution in [-0.2, 0) is 6.42 Å². The van der Waals surface area contributed by atoms with Crippen molar-refractivity contribution in [2.45, 2.75) is 13.3 Å². The number of aryl methyl sites for hydroxylation is 1. The SMILES string of the molecule is Cc1cccc(C(=O)CN(C)CCc2ccccc2)c1. The molecule has 0 atom stereocenters. The lowest BCUT2D eigenvalue weighted by molar-refractivity contribution is 0.0947. The molecule has 0 saturated carbocycles. The van der Waals surface area contributed by atoms with Gasteiger partial charge in [-0.2, -0.15) is 0 Å². The average Bonchev–Trinajstić information content (AvgIpc) is 2.46. The maximum Gasteiger partial charge on any atom is 0.176 e. The molecule has 0 fully saturated rings. The Morgan fingerprint density at radius 3 is 2.50 bits per heavy atom. The normalized spacial score (nSPS) is 10.8. The second-order valence-corrected chi connectivity index (χ2v) is 5.27. The first-order valence-electron chi connectivity index (χ1n) is 6.97. The van der Waals surface area contributed by atoms with E-state index in [1.807, 2.05) is 56.4 Å². The van der Waals surface area contributed by atoms with Crippen LogP contribution in [0.4, 0.5) is 0 Å². The zero-order valence-corrected chi connectivity index (χ0v) is 12.2. The number of ketones is 1. The topological polar surface area (TPSA) is 20.3 Å². The maximum absolute atomic E-state index is 12.2. The molecular weight excluding hydrogens is 246 g/mol. The first-order valence-corrected chi connectivity index (χ1v) is 6.97. The Morgan fingerprint density at radius 1 is 1.05 bits per heavy atom. The van der Waals surface area contributed by atoms with Crippen molar-refractivity contribution in [2.24, 2.45) is 0 Å². The molecule has 0 heterocycles. The van der Waals surface area contributed by atoms with Crippen LogP contribution in [0.5, 0.6) is 0 Å². The van der Waals surface area contributed by atoms with Crippen LogP contribution >= 0.6 is 0 Å². The molecular formula is C18H21NO. The van der Waals surface area contributed by atoms with Crippen LogP contribution in [0.2, 0.25) is 0 Å². The lowest BCUT2D eigenvalue weighted by atomic mass is 10.1. The van der Waals surface area contributed by atoms with Gasteiger partial charge in [0.05, 0.1) is 6.54 Å².